The van der Waals surface area contributed by atoms with Crippen molar-refractivity contribution in [2.75, 3.05) is 32.8 Å². The molecule has 0 aromatic carbocycles. The van der Waals surface area contributed by atoms with Crippen LogP contribution in [0.4, 0.5) is 0 Å². The molecule has 0 saturated carbocycles. The molecule has 5 heteroatoms. The molecule has 5 nitrogen and oxygen atoms in total. The molecule has 59 heavy (non-hydrogen) atoms. The minimum Gasteiger partial charge on any atom is -0.466 e. The molecule has 0 radical (unpaired) electrons. The molecule has 1 heterocycles. The minimum absolute atomic E-state index is 0.00841. The fraction of sp³-hybridized carbons (Fsp3) is 0.963. The van der Waals surface area contributed by atoms with Gasteiger partial charge in [0.05, 0.1) is 6.61 Å². The Morgan fingerprint density at radius 1 is 0.458 bits per heavy atom. The molecular formula is C54H106N2O3. The highest BCUT2D eigenvalue weighted by atomic mass is 16.5. The fourth-order valence-corrected chi connectivity index (χ4v) is 9.58. The van der Waals surface area contributed by atoms with Crippen LogP contribution in [0.25, 0.3) is 0 Å². The Kier molecular flexibility index (Phi) is 41.3. The van der Waals surface area contributed by atoms with Gasteiger partial charge in [-0.05, 0) is 83.3 Å². The molecule has 0 aliphatic carbocycles. The number of esters is 1. The second-order valence-electron chi connectivity index (χ2n) is 19.2. The van der Waals surface area contributed by atoms with Crippen molar-refractivity contribution in [2.24, 2.45) is 5.92 Å². The van der Waals surface area contributed by atoms with Crippen LogP contribution >= 0.6 is 0 Å². The maximum absolute atomic E-state index is 14.0. The Balaban J connectivity index is 2.63. The number of unbranched alkanes of at least 4 members (excludes halogenated alkanes) is 26. The summed E-state index contributed by atoms with van der Waals surface area (Å²) in [5.41, 5.74) is 0. The first kappa shape index (κ1) is 55.9. The molecule has 0 N–H and O–H groups in total. The van der Waals surface area contributed by atoms with E-state index in [1.165, 1.54) is 206 Å². The number of carbonyl (C=O) groups is 2. The van der Waals surface area contributed by atoms with Crippen molar-refractivity contribution in [3.8, 4) is 0 Å². The average Bonchev–Trinajstić information content (AvgIpc) is 3.77. The topological polar surface area (TPSA) is 49.9 Å². The summed E-state index contributed by atoms with van der Waals surface area (Å²) in [6.45, 7) is 14.4. The number of likely N-dealkylation sites (tertiary alicyclic amines) is 1. The van der Waals surface area contributed by atoms with E-state index in [2.05, 4.69) is 37.5 Å². The summed E-state index contributed by atoms with van der Waals surface area (Å²) >= 11 is 0. The van der Waals surface area contributed by atoms with Gasteiger partial charge in [-0.3, -0.25) is 9.59 Å². The van der Waals surface area contributed by atoms with E-state index in [9.17, 15) is 9.59 Å². The van der Waals surface area contributed by atoms with Crippen LogP contribution in [-0.2, 0) is 14.3 Å². The lowest BCUT2D eigenvalue weighted by atomic mass is 9.92. The zero-order chi connectivity index (χ0) is 42.7. The summed E-state index contributed by atoms with van der Waals surface area (Å²) in [7, 11) is 0. The van der Waals surface area contributed by atoms with Crippen LogP contribution in [0.5, 0.6) is 0 Å². The monoisotopic (exact) mass is 831 g/mol. The maximum atomic E-state index is 14.0. The van der Waals surface area contributed by atoms with E-state index in [0.29, 0.717) is 30.9 Å². The summed E-state index contributed by atoms with van der Waals surface area (Å²) < 4.78 is 5.82. The van der Waals surface area contributed by atoms with Crippen molar-refractivity contribution >= 4 is 11.9 Å². The number of nitrogens with zero attached hydrogens (tertiary/aromatic N) is 2. The molecule has 1 aliphatic rings. The van der Waals surface area contributed by atoms with Gasteiger partial charge in [0.15, 0.2) is 0 Å². The van der Waals surface area contributed by atoms with Gasteiger partial charge < -0.3 is 14.5 Å². The molecule has 1 aliphatic heterocycles. The lowest BCUT2D eigenvalue weighted by Crippen LogP contribution is -2.41. The molecule has 0 spiro atoms. The van der Waals surface area contributed by atoms with Crippen LogP contribution in [0, 0.1) is 5.92 Å². The average molecular weight is 831 g/mol. The largest absolute Gasteiger partial charge is 0.466 e. The second kappa shape index (κ2) is 43.5. The van der Waals surface area contributed by atoms with Gasteiger partial charge in [-0.15, -0.1) is 0 Å². The normalized spacial score (nSPS) is 13.8. The van der Waals surface area contributed by atoms with Gasteiger partial charge in [0, 0.05) is 25.4 Å². The fourth-order valence-electron chi connectivity index (χ4n) is 9.58. The summed E-state index contributed by atoms with van der Waals surface area (Å²) in [5.74, 6) is 1.15. The smallest absolute Gasteiger partial charge is 0.305 e. The molecule has 1 fully saturated rings. The Morgan fingerprint density at radius 2 is 0.864 bits per heavy atom. The number of carbonyl (C=O) groups excluding carboxylic acids is 2. The Bertz CT molecular complexity index is 875. The van der Waals surface area contributed by atoms with E-state index < -0.39 is 0 Å². The molecule has 0 aromatic heterocycles. The van der Waals surface area contributed by atoms with Gasteiger partial charge in [0.25, 0.3) is 0 Å². The van der Waals surface area contributed by atoms with Crippen molar-refractivity contribution in [1.29, 1.82) is 0 Å². The van der Waals surface area contributed by atoms with Crippen LogP contribution in [0.2, 0.25) is 0 Å². The molecule has 1 amide bonds. The third-order valence-electron chi connectivity index (χ3n) is 13.6. The van der Waals surface area contributed by atoms with Crippen LogP contribution < -0.4 is 0 Å². The van der Waals surface area contributed by atoms with E-state index in [-0.39, 0.29) is 5.97 Å². The van der Waals surface area contributed by atoms with Gasteiger partial charge >= 0.3 is 5.97 Å². The van der Waals surface area contributed by atoms with Crippen LogP contribution in [0.15, 0.2) is 0 Å². The molecule has 0 aromatic rings. The van der Waals surface area contributed by atoms with Crippen molar-refractivity contribution in [3.63, 3.8) is 0 Å². The lowest BCUT2D eigenvalue weighted by Gasteiger charge is -2.33. The Labute approximate surface area is 370 Å². The number of hydrogen-bond donors (Lipinski definition) is 0. The third-order valence-corrected chi connectivity index (χ3v) is 13.6. The molecular weight excluding hydrogens is 725 g/mol. The predicted molar refractivity (Wildman–Crippen MR) is 258 cm³/mol. The van der Waals surface area contributed by atoms with E-state index in [1.54, 1.807) is 0 Å². The molecule has 1 unspecified atom stereocenters. The first-order valence-electron chi connectivity index (χ1n) is 27.2. The van der Waals surface area contributed by atoms with Crippen molar-refractivity contribution in [1.82, 2.24) is 9.80 Å². The first-order valence-corrected chi connectivity index (χ1v) is 27.2. The highest BCUT2D eigenvalue weighted by molar-refractivity contribution is 5.76. The molecule has 350 valence electrons. The van der Waals surface area contributed by atoms with Crippen molar-refractivity contribution in [3.05, 3.63) is 0 Å². The highest BCUT2D eigenvalue weighted by Crippen LogP contribution is 2.24. The Morgan fingerprint density at radius 3 is 1.36 bits per heavy atom. The molecule has 1 atom stereocenters. The summed E-state index contributed by atoms with van der Waals surface area (Å²) in [4.78, 5) is 31.8. The second-order valence-corrected chi connectivity index (χ2v) is 19.2. The van der Waals surface area contributed by atoms with E-state index >= 15 is 0 Å². The van der Waals surface area contributed by atoms with Crippen molar-refractivity contribution in [2.45, 2.75) is 297 Å². The number of ether oxygens (including phenoxy) is 1. The molecule has 1 saturated heterocycles. The van der Waals surface area contributed by atoms with Gasteiger partial charge in [-0.1, -0.05) is 220 Å². The number of rotatable bonds is 46. The standard InChI is InChI=1S/C54H106N2O3/c1-5-9-13-17-19-21-25-31-41-52(56(49-35-28-22-20-18-14-10-6-2)53(57)43-34-36-46-55-47-37-38-48-55)42-32-26-27-33-44-54(58)59-50-45-51(39-29-23-15-11-7-3)40-30-24-16-12-8-4/h51-52H,5-50H2,1-4H3. The minimum atomic E-state index is 0.00841. The highest BCUT2D eigenvalue weighted by Gasteiger charge is 2.23. The first-order chi connectivity index (χ1) is 29.0. The molecule has 0 bridgehead atoms. The van der Waals surface area contributed by atoms with E-state index in [1.807, 2.05) is 0 Å². The zero-order valence-corrected chi connectivity index (χ0v) is 40.8. The molecule has 1 rings (SSSR count). The van der Waals surface area contributed by atoms with Crippen LogP contribution in [0.3, 0.4) is 0 Å². The van der Waals surface area contributed by atoms with Crippen LogP contribution in [-0.4, -0.2) is 60.5 Å². The Hall–Kier alpha value is -1.10. The van der Waals surface area contributed by atoms with Gasteiger partial charge in [0.2, 0.25) is 5.91 Å². The van der Waals surface area contributed by atoms with Gasteiger partial charge in [-0.25, -0.2) is 0 Å². The maximum Gasteiger partial charge on any atom is 0.305 e. The van der Waals surface area contributed by atoms with Gasteiger partial charge in [0.1, 0.15) is 0 Å². The number of hydrogen-bond acceptors (Lipinski definition) is 4. The SMILES string of the molecule is CCCCCCCCCCC(CCCCCCC(=O)OCCC(CCCCCCC)CCCCCCC)N(CCCCCCCCCC)C(=O)CCCCN1CCCC1. The van der Waals surface area contributed by atoms with Crippen LogP contribution in [0.1, 0.15) is 291 Å². The zero-order valence-electron chi connectivity index (χ0n) is 40.8. The predicted octanol–water partition coefficient (Wildman–Crippen LogP) is 16.7. The lowest BCUT2D eigenvalue weighted by molar-refractivity contribution is -0.144. The number of amides is 1. The van der Waals surface area contributed by atoms with E-state index in [4.69, 9.17) is 4.74 Å². The quantitative estimate of drug-likeness (QED) is 0.0453. The third kappa shape index (κ3) is 35.1. The summed E-state index contributed by atoms with van der Waals surface area (Å²) in [6.07, 6.45) is 51.0. The van der Waals surface area contributed by atoms with Gasteiger partial charge in [-0.2, -0.15) is 0 Å². The summed E-state index contributed by atoms with van der Waals surface area (Å²) in [6, 6.07) is 0.377. The summed E-state index contributed by atoms with van der Waals surface area (Å²) in [5, 5.41) is 0. The van der Waals surface area contributed by atoms with Crippen molar-refractivity contribution < 1.29 is 14.3 Å². The van der Waals surface area contributed by atoms with E-state index in [0.717, 1.165) is 77.2 Å².